The van der Waals surface area contributed by atoms with Crippen molar-refractivity contribution in [3.05, 3.63) is 85.5 Å². The first kappa shape index (κ1) is 19.3. The molecule has 0 radical (unpaired) electrons. The predicted octanol–water partition coefficient (Wildman–Crippen LogP) is 5.17. The largest absolute Gasteiger partial charge is 0.375 e. The van der Waals surface area contributed by atoms with Crippen LogP contribution in [-0.4, -0.2) is 16.8 Å². The fourth-order valence-corrected chi connectivity index (χ4v) is 4.53. The van der Waals surface area contributed by atoms with Crippen LogP contribution in [0, 0.1) is 0 Å². The predicted molar refractivity (Wildman–Crippen MR) is 114 cm³/mol. The Hall–Kier alpha value is -1.99. The summed E-state index contributed by atoms with van der Waals surface area (Å²) in [6.07, 6.45) is -0.299. The third kappa shape index (κ3) is 3.42. The second kappa shape index (κ2) is 7.44. The van der Waals surface area contributed by atoms with Gasteiger partial charge >= 0.3 is 0 Å². The Morgan fingerprint density at radius 1 is 1.18 bits per heavy atom. The molecule has 2 heterocycles. The first-order chi connectivity index (χ1) is 13.4. The fourth-order valence-electron chi connectivity index (χ4n) is 3.38. The Morgan fingerprint density at radius 2 is 1.93 bits per heavy atom. The maximum absolute atomic E-state index is 13.3. The van der Waals surface area contributed by atoms with Gasteiger partial charge in [0.15, 0.2) is 11.4 Å². The van der Waals surface area contributed by atoms with Gasteiger partial charge < -0.3 is 10.0 Å². The highest BCUT2D eigenvalue weighted by molar-refractivity contribution is 9.10. The molecular formula is C21H15BrClNO3S. The molecule has 1 atom stereocenters. The van der Waals surface area contributed by atoms with Crippen LogP contribution in [0.1, 0.15) is 27.2 Å². The number of benzene rings is 2. The number of carbonyl (C=O) groups excluding carboxylic acids is 2. The van der Waals surface area contributed by atoms with Crippen LogP contribution in [0.25, 0.3) is 0 Å². The molecular weight excluding hydrogens is 462 g/mol. The number of halogens is 2. The molecule has 3 aromatic rings. The molecule has 0 saturated heterocycles. The standard InChI is InChI=1S/C21H15BrClNO3S/c22-14-5-8-17-16(10-14)21(27,11-18(25)19-2-1-9-28-19)20(26)24(17)12-13-3-6-15(23)7-4-13/h1-10,27H,11-12H2. The van der Waals surface area contributed by atoms with Crippen molar-refractivity contribution < 1.29 is 14.7 Å². The van der Waals surface area contributed by atoms with Crippen molar-refractivity contribution in [1.82, 2.24) is 0 Å². The van der Waals surface area contributed by atoms with Crippen LogP contribution >= 0.6 is 38.9 Å². The number of carbonyl (C=O) groups is 2. The topological polar surface area (TPSA) is 57.6 Å². The summed E-state index contributed by atoms with van der Waals surface area (Å²) in [7, 11) is 0. The average Bonchev–Trinajstić information content (AvgIpc) is 3.27. The summed E-state index contributed by atoms with van der Waals surface area (Å²) in [5.41, 5.74) is 0.0166. The molecule has 1 N–H and O–H groups in total. The van der Waals surface area contributed by atoms with Gasteiger partial charge in [0, 0.05) is 15.1 Å². The van der Waals surface area contributed by atoms with Crippen LogP contribution in [-0.2, 0) is 16.9 Å². The smallest absolute Gasteiger partial charge is 0.264 e. The van der Waals surface area contributed by atoms with Gasteiger partial charge in [0.2, 0.25) is 0 Å². The highest BCUT2D eigenvalue weighted by atomic mass is 79.9. The number of fused-ring (bicyclic) bond motifs is 1. The van der Waals surface area contributed by atoms with Crippen LogP contribution in [0.2, 0.25) is 5.02 Å². The van der Waals surface area contributed by atoms with E-state index in [4.69, 9.17) is 11.6 Å². The van der Waals surface area contributed by atoms with Crippen molar-refractivity contribution in [2.45, 2.75) is 18.6 Å². The number of hydrogen-bond acceptors (Lipinski definition) is 4. The highest BCUT2D eigenvalue weighted by Crippen LogP contribution is 2.45. The number of rotatable bonds is 5. The molecule has 1 aliphatic heterocycles. The third-order valence-electron chi connectivity index (χ3n) is 4.76. The molecule has 0 saturated carbocycles. The van der Waals surface area contributed by atoms with E-state index in [0.29, 0.717) is 21.2 Å². The van der Waals surface area contributed by atoms with Crippen molar-refractivity contribution in [2.24, 2.45) is 0 Å². The zero-order valence-corrected chi connectivity index (χ0v) is 17.7. The van der Waals surface area contributed by atoms with Crippen LogP contribution in [0.5, 0.6) is 0 Å². The molecule has 7 heteroatoms. The summed E-state index contributed by atoms with van der Waals surface area (Å²) >= 11 is 10.6. The molecule has 1 unspecified atom stereocenters. The summed E-state index contributed by atoms with van der Waals surface area (Å²) in [5.74, 6) is -0.759. The van der Waals surface area contributed by atoms with Crippen LogP contribution < -0.4 is 4.90 Å². The number of anilines is 1. The number of thiophene rings is 1. The zero-order valence-electron chi connectivity index (χ0n) is 14.6. The van der Waals surface area contributed by atoms with E-state index < -0.39 is 11.5 Å². The number of amides is 1. The van der Waals surface area contributed by atoms with Gasteiger partial charge in [-0.1, -0.05) is 45.7 Å². The maximum atomic E-state index is 13.3. The normalized spacial score (nSPS) is 18.4. The van der Waals surface area contributed by atoms with Gasteiger partial charge in [0.1, 0.15) is 0 Å². The molecule has 0 aliphatic carbocycles. The van der Waals surface area contributed by atoms with Crippen molar-refractivity contribution in [3.8, 4) is 0 Å². The van der Waals surface area contributed by atoms with Crippen molar-refractivity contribution in [1.29, 1.82) is 0 Å². The van der Waals surface area contributed by atoms with Crippen molar-refractivity contribution >= 4 is 56.2 Å². The number of ketones is 1. The van der Waals surface area contributed by atoms with E-state index in [2.05, 4.69) is 15.9 Å². The third-order valence-corrected chi connectivity index (χ3v) is 6.42. The highest BCUT2D eigenvalue weighted by Gasteiger charge is 2.51. The summed E-state index contributed by atoms with van der Waals surface area (Å²) in [5, 5.41) is 13.8. The molecule has 1 aromatic heterocycles. The van der Waals surface area contributed by atoms with Crippen LogP contribution in [0.3, 0.4) is 0 Å². The van der Waals surface area contributed by atoms with Crippen LogP contribution in [0.4, 0.5) is 5.69 Å². The lowest BCUT2D eigenvalue weighted by atomic mass is 9.89. The van der Waals surface area contributed by atoms with E-state index in [-0.39, 0.29) is 18.7 Å². The van der Waals surface area contributed by atoms with Gasteiger partial charge in [-0.25, -0.2) is 0 Å². The quantitative estimate of drug-likeness (QED) is 0.517. The lowest BCUT2D eigenvalue weighted by Crippen LogP contribution is -2.41. The monoisotopic (exact) mass is 475 g/mol. The summed E-state index contributed by atoms with van der Waals surface area (Å²) < 4.78 is 0.731. The lowest BCUT2D eigenvalue weighted by Gasteiger charge is -2.22. The van der Waals surface area contributed by atoms with Gasteiger partial charge in [-0.3, -0.25) is 9.59 Å². The Kier molecular flexibility index (Phi) is 5.14. The van der Waals surface area contributed by atoms with Gasteiger partial charge in [-0.05, 0) is 47.3 Å². The molecule has 0 fully saturated rings. The first-order valence-electron chi connectivity index (χ1n) is 8.54. The SMILES string of the molecule is O=C(CC1(O)C(=O)N(Cc2ccc(Cl)cc2)c2ccc(Br)cc21)c1cccs1. The maximum Gasteiger partial charge on any atom is 0.264 e. The summed E-state index contributed by atoms with van der Waals surface area (Å²) in [6.45, 7) is 0.278. The van der Waals surface area contributed by atoms with Gasteiger partial charge in [-0.15, -0.1) is 11.3 Å². The van der Waals surface area contributed by atoms with Crippen LogP contribution in [0.15, 0.2) is 64.5 Å². The van der Waals surface area contributed by atoms with E-state index in [1.165, 1.54) is 16.2 Å². The second-order valence-corrected chi connectivity index (χ2v) is 8.92. The molecule has 28 heavy (non-hydrogen) atoms. The Morgan fingerprint density at radius 3 is 2.61 bits per heavy atom. The molecule has 0 spiro atoms. The van der Waals surface area contributed by atoms with E-state index in [9.17, 15) is 14.7 Å². The number of aliphatic hydroxyl groups is 1. The average molecular weight is 477 g/mol. The van der Waals surface area contributed by atoms with Crippen molar-refractivity contribution in [3.63, 3.8) is 0 Å². The van der Waals surface area contributed by atoms with Gasteiger partial charge in [0.25, 0.3) is 5.91 Å². The fraction of sp³-hybridized carbons (Fsp3) is 0.143. The number of Topliss-reactive ketones (excluding diaryl/α,β-unsaturated/α-hetero) is 1. The Labute approximate surface area is 179 Å². The minimum atomic E-state index is -1.90. The Bertz CT molecular complexity index is 1050. The molecule has 4 nitrogen and oxygen atoms in total. The number of nitrogens with zero attached hydrogens (tertiary/aromatic N) is 1. The van der Waals surface area contributed by atoms with E-state index in [0.717, 1.165) is 10.0 Å². The van der Waals surface area contributed by atoms with E-state index in [1.807, 2.05) is 18.2 Å². The van der Waals surface area contributed by atoms with Gasteiger partial charge in [0.05, 0.1) is 23.5 Å². The van der Waals surface area contributed by atoms with E-state index >= 15 is 0 Å². The molecule has 4 rings (SSSR count). The van der Waals surface area contributed by atoms with Gasteiger partial charge in [-0.2, -0.15) is 0 Å². The van der Waals surface area contributed by atoms with Crippen molar-refractivity contribution in [2.75, 3.05) is 4.90 Å². The minimum absolute atomic E-state index is 0.259. The van der Waals surface area contributed by atoms with E-state index in [1.54, 1.807) is 41.8 Å². The summed E-state index contributed by atoms with van der Waals surface area (Å²) in [6, 6.07) is 16.0. The molecule has 1 amide bonds. The minimum Gasteiger partial charge on any atom is -0.375 e. The Balaban J connectivity index is 1.72. The lowest BCUT2D eigenvalue weighted by molar-refractivity contribution is -0.136. The second-order valence-electron chi connectivity index (χ2n) is 6.62. The molecule has 1 aliphatic rings. The molecule has 0 bridgehead atoms. The molecule has 142 valence electrons. The number of hydrogen-bond donors (Lipinski definition) is 1. The zero-order chi connectivity index (χ0) is 19.9. The first-order valence-corrected chi connectivity index (χ1v) is 10.6. The summed E-state index contributed by atoms with van der Waals surface area (Å²) in [4.78, 5) is 28.0. The molecule has 2 aromatic carbocycles.